The fraction of sp³-hybridized carbons (Fsp3) is 0.500. The Labute approximate surface area is 123 Å². The van der Waals surface area contributed by atoms with E-state index < -0.39 is 0 Å². The van der Waals surface area contributed by atoms with Crippen LogP contribution in [-0.4, -0.2) is 18.9 Å². The van der Waals surface area contributed by atoms with Gasteiger partial charge in [0, 0.05) is 12.2 Å². The van der Waals surface area contributed by atoms with Crippen LogP contribution in [0.4, 0.5) is 5.69 Å². The first-order chi connectivity index (χ1) is 9.83. The van der Waals surface area contributed by atoms with Crippen molar-refractivity contribution in [2.45, 2.75) is 51.5 Å². The van der Waals surface area contributed by atoms with Crippen LogP contribution in [0.3, 0.4) is 0 Å². The molecule has 0 radical (unpaired) electrons. The van der Waals surface area contributed by atoms with E-state index in [4.69, 9.17) is 0 Å². The number of unbranched alkanes of at least 4 members (excludes halogenated alkanes) is 2. The van der Waals surface area contributed by atoms with Gasteiger partial charge in [-0.1, -0.05) is 44.0 Å². The first-order valence-corrected chi connectivity index (χ1v) is 7.71. The van der Waals surface area contributed by atoms with Crippen LogP contribution in [0.2, 0.25) is 0 Å². The number of hydrogen-bond donors (Lipinski definition) is 0. The molecule has 2 rings (SSSR count). The van der Waals surface area contributed by atoms with Crippen molar-refractivity contribution in [3.05, 3.63) is 43.0 Å². The van der Waals surface area contributed by atoms with Crippen molar-refractivity contribution >= 4 is 12.0 Å². The molecule has 20 heavy (non-hydrogen) atoms. The summed E-state index contributed by atoms with van der Waals surface area (Å²) in [5.74, 6) is 0. The molecule has 1 atom stereocenters. The van der Waals surface area contributed by atoms with Gasteiger partial charge in [-0.15, -0.1) is 6.58 Å². The fourth-order valence-electron chi connectivity index (χ4n) is 2.39. The first kappa shape index (κ1) is 16.5. The Bertz CT molecular complexity index is 374. The lowest BCUT2D eigenvalue weighted by Crippen LogP contribution is -2.40. The van der Waals surface area contributed by atoms with Gasteiger partial charge in [-0.2, -0.15) is 0 Å². The summed E-state index contributed by atoms with van der Waals surface area (Å²) in [6.45, 7) is 6.79. The molecule has 0 saturated carbocycles. The number of para-hydroxylation sites is 1. The lowest BCUT2D eigenvalue weighted by Gasteiger charge is -2.34. The lowest BCUT2D eigenvalue weighted by atomic mass is 10.0. The summed E-state index contributed by atoms with van der Waals surface area (Å²) in [5.41, 5.74) is 1.17. The molecule has 110 valence electrons. The zero-order valence-corrected chi connectivity index (χ0v) is 12.6. The van der Waals surface area contributed by atoms with Crippen molar-refractivity contribution in [1.82, 2.24) is 0 Å². The SMILES string of the molecule is C=CCCCC.O=CC1CCCCN1c1ccccc1. The average Bonchev–Trinajstić information content (AvgIpc) is 2.54. The highest BCUT2D eigenvalue weighted by Gasteiger charge is 2.21. The average molecular weight is 273 g/mol. The van der Waals surface area contributed by atoms with Crippen LogP contribution < -0.4 is 4.90 Å². The second-order valence-corrected chi connectivity index (χ2v) is 5.16. The number of nitrogens with zero attached hydrogens (tertiary/aromatic N) is 1. The largest absolute Gasteiger partial charge is 0.362 e. The van der Waals surface area contributed by atoms with Crippen LogP contribution in [0.1, 0.15) is 45.4 Å². The van der Waals surface area contributed by atoms with Gasteiger partial charge in [-0.05, 0) is 37.8 Å². The molecule has 1 aliphatic rings. The highest BCUT2D eigenvalue weighted by atomic mass is 16.1. The Balaban J connectivity index is 0.000000286. The van der Waals surface area contributed by atoms with Crippen molar-refractivity contribution in [1.29, 1.82) is 0 Å². The van der Waals surface area contributed by atoms with Gasteiger partial charge in [0.2, 0.25) is 0 Å². The Morgan fingerprint density at radius 2 is 2.05 bits per heavy atom. The van der Waals surface area contributed by atoms with Crippen molar-refractivity contribution < 1.29 is 4.79 Å². The Morgan fingerprint density at radius 1 is 1.30 bits per heavy atom. The summed E-state index contributed by atoms with van der Waals surface area (Å²) in [6, 6.07) is 10.3. The first-order valence-electron chi connectivity index (χ1n) is 7.71. The molecule has 2 nitrogen and oxygen atoms in total. The summed E-state index contributed by atoms with van der Waals surface area (Å²) in [6.07, 6.45) is 10.2. The molecule has 0 bridgehead atoms. The number of benzene rings is 1. The maximum atomic E-state index is 10.9. The molecule has 2 heteroatoms. The minimum Gasteiger partial charge on any atom is -0.362 e. The summed E-state index contributed by atoms with van der Waals surface area (Å²) in [5, 5.41) is 0. The van der Waals surface area contributed by atoms with Gasteiger partial charge in [0.25, 0.3) is 0 Å². The third kappa shape index (κ3) is 5.60. The van der Waals surface area contributed by atoms with E-state index in [1.807, 2.05) is 24.3 Å². The Hall–Kier alpha value is -1.57. The number of carbonyl (C=O) groups excluding carboxylic acids is 1. The summed E-state index contributed by atoms with van der Waals surface area (Å²) < 4.78 is 0. The van der Waals surface area contributed by atoms with Crippen molar-refractivity contribution in [2.75, 3.05) is 11.4 Å². The molecule has 0 aliphatic carbocycles. The summed E-state index contributed by atoms with van der Waals surface area (Å²) >= 11 is 0. The summed E-state index contributed by atoms with van der Waals surface area (Å²) in [7, 11) is 0. The van der Waals surface area contributed by atoms with Gasteiger partial charge in [-0.25, -0.2) is 0 Å². The third-order valence-electron chi connectivity index (χ3n) is 3.56. The van der Waals surface area contributed by atoms with E-state index in [-0.39, 0.29) is 6.04 Å². The predicted molar refractivity (Wildman–Crippen MR) is 87.2 cm³/mol. The topological polar surface area (TPSA) is 20.3 Å². The standard InChI is InChI=1S/C12H15NO.C6H12/c14-10-12-8-4-5-9-13(12)11-6-2-1-3-7-11;1-3-5-6-4-2/h1-3,6-7,10,12H,4-5,8-9H2;3H,1,4-6H2,2H3. The summed E-state index contributed by atoms with van der Waals surface area (Å²) in [4.78, 5) is 13.1. The third-order valence-corrected chi connectivity index (χ3v) is 3.56. The van der Waals surface area contributed by atoms with E-state index in [1.165, 1.54) is 37.8 Å². The van der Waals surface area contributed by atoms with Crippen molar-refractivity contribution in [2.24, 2.45) is 0 Å². The second kappa shape index (κ2) is 10.2. The molecule has 1 fully saturated rings. The smallest absolute Gasteiger partial charge is 0.142 e. The fourth-order valence-corrected chi connectivity index (χ4v) is 2.39. The Kier molecular flexibility index (Phi) is 8.44. The molecule has 1 saturated heterocycles. The highest BCUT2D eigenvalue weighted by molar-refractivity contribution is 5.66. The molecule has 1 unspecified atom stereocenters. The van der Waals surface area contributed by atoms with E-state index in [9.17, 15) is 4.79 Å². The van der Waals surface area contributed by atoms with Crippen LogP contribution in [0.25, 0.3) is 0 Å². The molecule has 1 heterocycles. The molecule has 0 aromatic heterocycles. The van der Waals surface area contributed by atoms with Crippen LogP contribution >= 0.6 is 0 Å². The zero-order valence-electron chi connectivity index (χ0n) is 12.6. The quantitative estimate of drug-likeness (QED) is 0.443. The van der Waals surface area contributed by atoms with E-state index in [1.54, 1.807) is 0 Å². The van der Waals surface area contributed by atoms with Gasteiger partial charge < -0.3 is 9.69 Å². The second-order valence-electron chi connectivity index (χ2n) is 5.16. The molecule has 1 aromatic rings. The predicted octanol–water partition coefficient (Wildman–Crippen LogP) is 4.61. The number of hydrogen-bond acceptors (Lipinski definition) is 2. The number of aldehydes is 1. The van der Waals surface area contributed by atoms with E-state index >= 15 is 0 Å². The molecular weight excluding hydrogens is 246 g/mol. The normalized spacial score (nSPS) is 17.9. The Morgan fingerprint density at radius 3 is 2.60 bits per heavy atom. The monoisotopic (exact) mass is 273 g/mol. The van der Waals surface area contributed by atoms with E-state index in [2.05, 4.69) is 30.5 Å². The molecule has 1 aliphatic heterocycles. The van der Waals surface area contributed by atoms with Gasteiger partial charge in [0.05, 0.1) is 6.04 Å². The van der Waals surface area contributed by atoms with Crippen molar-refractivity contribution in [3.63, 3.8) is 0 Å². The van der Waals surface area contributed by atoms with Crippen LogP contribution in [0, 0.1) is 0 Å². The number of rotatable bonds is 5. The number of allylic oxidation sites excluding steroid dienone is 1. The van der Waals surface area contributed by atoms with Crippen LogP contribution in [0.15, 0.2) is 43.0 Å². The lowest BCUT2D eigenvalue weighted by molar-refractivity contribution is -0.109. The minimum atomic E-state index is 0.0890. The molecule has 1 aromatic carbocycles. The van der Waals surface area contributed by atoms with Crippen LogP contribution in [0.5, 0.6) is 0 Å². The number of anilines is 1. The molecule has 0 amide bonds. The maximum Gasteiger partial charge on any atom is 0.142 e. The van der Waals surface area contributed by atoms with E-state index in [0.717, 1.165) is 19.3 Å². The number of piperidine rings is 1. The maximum absolute atomic E-state index is 10.9. The van der Waals surface area contributed by atoms with E-state index in [0.29, 0.717) is 0 Å². The van der Waals surface area contributed by atoms with Gasteiger partial charge in [-0.3, -0.25) is 0 Å². The van der Waals surface area contributed by atoms with Gasteiger partial charge in [0.1, 0.15) is 6.29 Å². The van der Waals surface area contributed by atoms with Gasteiger partial charge >= 0.3 is 0 Å². The molecule has 0 spiro atoms. The van der Waals surface area contributed by atoms with Gasteiger partial charge in [0.15, 0.2) is 0 Å². The molecular formula is C18H27NO. The highest BCUT2D eigenvalue weighted by Crippen LogP contribution is 2.23. The minimum absolute atomic E-state index is 0.0890. The number of carbonyl (C=O) groups is 1. The van der Waals surface area contributed by atoms with Crippen LogP contribution in [-0.2, 0) is 4.79 Å². The zero-order chi connectivity index (χ0) is 14.6. The molecule has 0 N–H and O–H groups in total. The van der Waals surface area contributed by atoms with Crippen molar-refractivity contribution in [3.8, 4) is 0 Å².